The molecule has 0 aliphatic carbocycles. The number of nitrogens with one attached hydrogen (secondary N) is 1. The van der Waals surface area contributed by atoms with Crippen molar-refractivity contribution in [3.63, 3.8) is 0 Å². The van der Waals surface area contributed by atoms with Crippen molar-refractivity contribution in [3.05, 3.63) is 69.4 Å². The Morgan fingerprint density at radius 2 is 1.91 bits per heavy atom. The van der Waals surface area contributed by atoms with Gasteiger partial charge in [-0.25, -0.2) is 0 Å². The second-order valence-electron chi connectivity index (χ2n) is 5.19. The fourth-order valence-corrected chi connectivity index (χ4v) is 3.16. The monoisotopic (exact) mass is 355 g/mol. The molecule has 5 heteroatoms. The minimum absolute atomic E-state index is 0.338. The predicted octanol–water partition coefficient (Wildman–Crippen LogP) is 3.67. The Balaban J connectivity index is 1.77. The molecule has 0 saturated heterocycles. The van der Waals surface area contributed by atoms with E-state index < -0.39 is 0 Å². The van der Waals surface area contributed by atoms with Gasteiger partial charge in [-0.05, 0) is 35.9 Å². The smallest absolute Gasteiger partial charge is 0.259 e. The van der Waals surface area contributed by atoms with Crippen LogP contribution >= 0.6 is 15.9 Å². The van der Waals surface area contributed by atoms with Crippen LogP contribution in [0.15, 0.2) is 51.4 Å². The summed E-state index contributed by atoms with van der Waals surface area (Å²) in [6, 6.07) is 13.0. The fraction of sp³-hybridized carbons (Fsp3) is 0.0588. The number of rotatable bonds is 2. The summed E-state index contributed by atoms with van der Waals surface area (Å²) in [6.07, 6.45) is 0.468. The normalized spacial score (nSPS) is 13.5. The number of carbonyl (C=O) groups is 2. The van der Waals surface area contributed by atoms with Gasteiger partial charge in [-0.1, -0.05) is 28.1 Å². The first-order chi connectivity index (χ1) is 10.6. The van der Waals surface area contributed by atoms with E-state index in [1.54, 1.807) is 12.1 Å². The number of hydrogen-bond acceptors (Lipinski definition) is 3. The van der Waals surface area contributed by atoms with Crippen LogP contribution in [0, 0.1) is 0 Å². The molecular formula is C17H10BrNO3. The van der Waals surface area contributed by atoms with Crippen LogP contribution in [0.2, 0.25) is 0 Å². The molecule has 4 rings (SSSR count). The number of halogens is 1. The zero-order valence-electron chi connectivity index (χ0n) is 11.4. The van der Waals surface area contributed by atoms with E-state index in [-0.39, 0.29) is 11.8 Å². The van der Waals surface area contributed by atoms with Crippen molar-refractivity contribution < 1.29 is 14.0 Å². The average molecular weight is 356 g/mol. The average Bonchev–Trinajstić information content (AvgIpc) is 3.00. The number of furan rings is 1. The van der Waals surface area contributed by atoms with Crippen molar-refractivity contribution in [3.8, 4) is 0 Å². The van der Waals surface area contributed by atoms with E-state index in [9.17, 15) is 9.59 Å². The molecule has 0 saturated carbocycles. The van der Waals surface area contributed by atoms with Crippen LogP contribution in [0.1, 0.15) is 32.0 Å². The predicted molar refractivity (Wildman–Crippen MR) is 85.0 cm³/mol. The van der Waals surface area contributed by atoms with Crippen molar-refractivity contribution >= 4 is 38.7 Å². The standard InChI is InChI=1S/C17H10BrNO3/c18-11-4-5-14-10(6-11)8-12(22-14)7-9-2-1-3-13-15(9)17(21)19-16(13)20/h1-6,8H,7H2,(H,19,20,21). The molecule has 0 radical (unpaired) electrons. The Morgan fingerprint density at radius 3 is 2.77 bits per heavy atom. The SMILES string of the molecule is O=C1NC(=O)c2c(Cc3cc4cc(Br)ccc4o3)cccc21. The largest absolute Gasteiger partial charge is 0.461 e. The van der Waals surface area contributed by atoms with Crippen molar-refractivity contribution in [1.82, 2.24) is 5.32 Å². The van der Waals surface area contributed by atoms with Gasteiger partial charge >= 0.3 is 0 Å². The fourth-order valence-electron chi connectivity index (χ4n) is 2.78. The number of carbonyl (C=O) groups excluding carboxylic acids is 2. The number of benzene rings is 2. The maximum Gasteiger partial charge on any atom is 0.259 e. The third-order valence-corrected chi connectivity index (χ3v) is 4.24. The van der Waals surface area contributed by atoms with Crippen LogP contribution in [0.3, 0.4) is 0 Å². The summed E-state index contributed by atoms with van der Waals surface area (Å²) in [4.78, 5) is 23.6. The quantitative estimate of drug-likeness (QED) is 0.713. The van der Waals surface area contributed by atoms with Gasteiger partial charge in [0.1, 0.15) is 11.3 Å². The second kappa shape index (κ2) is 4.81. The highest BCUT2D eigenvalue weighted by molar-refractivity contribution is 9.10. The van der Waals surface area contributed by atoms with Gasteiger partial charge in [0.05, 0.1) is 11.1 Å². The molecule has 22 heavy (non-hydrogen) atoms. The second-order valence-corrected chi connectivity index (χ2v) is 6.11. The Bertz CT molecular complexity index is 942. The Kier molecular flexibility index (Phi) is 2.90. The van der Waals surface area contributed by atoms with Gasteiger partial charge in [-0.3, -0.25) is 14.9 Å². The van der Waals surface area contributed by atoms with Gasteiger partial charge in [-0.2, -0.15) is 0 Å². The molecule has 2 amide bonds. The first-order valence-electron chi connectivity index (χ1n) is 6.77. The van der Waals surface area contributed by atoms with Crippen molar-refractivity contribution in [2.24, 2.45) is 0 Å². The van der Waals surface area contributed by atoms with E-state index in [0.29, 0.717) is 17.5 Å². The highest BCUT2D eigenvalue weighted by Gasteiger charge is 2.29. The molecule has 108 valence electrons. The maximum absolute atomic E-state index is 11.9. The molecule has 4 nitrogen and oxygen atoms in total. The zero-order chi connectivity index (χ0) is 15.3. The Labute approximate surface area is 134 Å². The first-order valence-corrected chi connectivity index (χ1v) is 7.56. The van der Waals surface area contributed by atoms with E-state index >= 15 is 0 Å². The molecule has 0 spiro atoms. The van der Waals surface area contributed by atoms with Crippen molar-refractivity contribution in [2.45, 2.75) is 6.42 Å². The van der Waals surface area contributed by atoms with Crippen LogP contribution < -0.4 is 5.32 Å². The highest BCUT2D eigenvalue weighted by Crippen LogP contribution is 2.27. The van der Waals surface area contributed by atoms with E-state index in [4.69, 9.17) is 4.42 Å². The van der Waals surface area contributed by atoms with Gasteiger partial charge < -0.3 is 4.42 Å². The highest BCUT2D eigenvalue weighted by atomic mass is 79.9. The van der Waals surface area contributed by atoms with E-state index in [2.05, 4.69) is 21.2 Å². The molecule has 3 aromatic rings. The lowest BCUT2D eigenvalue weighted by atomic mass is 9.99. The van der Waals surface area contributed by atoms with Crippen molar-refractivity contribution in [1.29, 1.82) is 0 Å². The van der Waals surface area contributed by atoms with Crippen LogP contribution in [-0.2, 0) is 6.42 Å². The lowest BCUT2D eigenvalue weighted by molar-refractivity contribution is 0.0879. The van der Waals surface area contributed by atoms with Gasteiger partial charge in [0.15, 0.2) is 0 Å². The van der Waals surface area contributed by atoms with Gasteiger partial charge in [0.2, 0.25) is 0 Å². The Hall–Kier alpha value is -2.40. The molecule has 2 aromatic carbocycles. The molecule has 0 bridgehead atoms. The summed E-state index contributed by atoms with van der Waals surface area (Å²) in [5.41, 5.74) is 2.47. The molecule has 0 unspecified atom stereocenters. The first kappa shape index (κ1) is 13.3. The van der Waals surface area contributed by atoms with E-state index in [1.807, 2.05) is 30.3 Å². The molecule has 0 atom stereocenters. The topological polar surface area (TPSA) is 59.3 Å². The van der Waals surface area contributed by atoms with Crippen molar-refractivity contribution in [2.75, 3.05) is 0 Å². The number of hydrogen-bond donors (Lipinski definition) is 1. The zero-order valence-corrected chi connectivity index (χ0v) is 12.9. The summed E-state index contributed by atoms with van der Waals surface area (Å²) >= 11 is 3.43. The van der Waals surface area contributed by atoms with Gasteiger partial charge in [-0.15, -0.1) is 0 Å². The van der Waals surface area contributed by atoms with Gasteiger partial charge in [0, 0.05) is 16.3 Å². The van der Waals surface area contributed by atoms with E-state index in [0.717, 1.165) is 26.8 Å². The van der Waals surface area contributed by atoms with Crippen LogP contribution in [0.25, 0.3) is 11.0 Å². The molecular weight excluding hydrogens is 346 g/mol. The van der Waals surface area contributed by atoms with Crippen LogP contribution in [0.5, 0.6) is 0 Å². The lowest BCUT2D eigenvalue weighted by Crippen LogP contribution is -2.20. The van der Waals surface area contributed by atoms with Crippen LogP contribution in [-0.4, -0.2) is 11.8 Å². The molecule has 2 heterocycles. The summed E-state index contributed by atoms with van der Waals surface area (Å²) < 4.78 is 6.80. The van der Waals surface area contributed by atoms with E-state index in [1.165, 1.54) is 0 Å². The Morgan fingerprint density at radius 1 is 1.05 bits per heavy atom. The summed E-state index contributed by atoms with van der Waals surface area (Å²) in [7, 11) is 0. The number of imide groups is 1. The maximum atomic E-state index is 11.9. The minimum Gasteiger partial charge on any atom is -0.461 e. The number of fused-ring (bicyclic) bond motifs is 2. The summed E-state index contributed by atoms with van der Waals surface area (Å²) in [6.45, 7) is 0. The summed E-state index contributed by atoms with van der Waals surface area (Å²) in [5.74, 6) is 0.0819. The third kappa shape index (κ3) is 2.05. The molecule has 0 fully saturated rings. The third-order valence-electron chi connectivity index (χ3n) is 3.74. The molecule has 1 aromatic heterocycles. The summed E-state index contributed by atoms with van der Waals surface area (Å²) in [5, 5.41) is 3.33. The lowest BCUT2D eigenvalue weighted by Gasteiger charge is -2.03. The molecule has 1 N–H and O–H groups in total. The van der Waals surface area contributed by atoms with Crippen LogP contribution in [0.4, 0.5) is 0 Å². The van der Waals surface area contributed by atoms with Gasteiger partial charge in [0.25, 0.3) is 11.8 Å². The minimum atomic E-state index is -0.338. The molecule has 1 aliphatic rings. The molecule has 1 aliphatic heterocycles. The number of amides is 2.